The average molecular weight is 423 g/mol. The van der Waals surface area contributed by atoms with Crippen molar-refractivity contribution in [3.05, 3.63) is 22.5 Å². The van der Waals surface area contributed by atoms with Gasteiger partial charge in [0.2, 0.25) is 0 Å². The van der Waals surface area contributed by atoms with Crippen LogP contribution in [0.5, 0.6) is 5.75 Å². The maximum absolute atomic E-state index is 12.6. The number of aromatic nitrogens is 1. The molecule has 0 fully saturated rings. The first-order valence-corrected chi connectivity index (χ1v) is 10.6. The van der Waals surface area contributed by atoms with E-state index in [-0.39, 0.29) is 25.7 Å². The number of carbonyl (C=O) groups is 2. The zero-order valence-corrected chi connectivity index (χ0v) is 17.7. The number of thiophene rings is 1. The molecule has 2 heterocycles. The van der Waals surface area contributed by atoms with Crippen molar-refractivity contribution >= 4 is 54.9 Å². The lowest BCUT2D eigenvalue weighted by Gasteiger charge is -2.21. The van der Waals surface area contributed by atoms with Crippen molar-refractivity contribution in [1.82, 2.24) is 9.88 Å². The summed E-state index contributed by atoms with van der Waals surface area (Å²) in [7, 11) is 1.54. The van der Waals surface area contributed by atoms with Gasteiger partial charge in [-0.25, -0.2) is 4.98 Å². The first-order valence-electron chi connectivity index (χ1n) is 8.86. The Labute approximate surface area is 170 Å². The molecule has 0 bridgehead atoms. The van der Waals surface area contributed by atoms with E-state index in [1.165, 1.54) is 4.90 Å². The molecule has 7 nitrogen and oxygen atoms in total. The molecule has 0 aliphatic carbocycles. The van der Waals surface area contributed by atoms with E-state index in [2.05, 4.69) is 4.98 Å². The van der Waals surface area contributed by atoms with Gasteiger partial charge >= 0.3 is 5.97 Å². The van der Waals surface area contributed by atoms with Gasteiger partial charge in [0.05, 0.1) is 33.1 Å². The lowest BCUT2D eigenvalue weighted by atomic mass is 10.2. The molecule has 0 atom stereocenters. The van der Waals surface area contributed by atoms with Crippen LogP contribution < -0.4 is 4.74 Å². The summed E-state index contributed by atoms with van der Waals surface area (Å²) in [6.45, 7) is 4.29. The van der Waals surface area contributed by atoms with Gasteiger partial charge < -0.3 is 19.1 Å². The molecule has 3 aromatic rings. The maximum atomic E-state index is 12.6. The van der Waals surface area contributed by atoms with Crippen LogP contribution in [0.3, 0.4) is 0 Å². The van der Waals surface area contributed by atoms with Crippen LogP contribution in [-0.2, 0) is 19.1 Å². The summed E-state index contributed by atoms with van der Waals surface area (Å²) in [5, 5.41) is 3.90. The number of carbonyl (C=O) groups excluding carboxylic acids is 2. The third kappa shape index (κ3) is 4.60. The van der Waals surface area contributed by atoms with Gasteiger partial charge in [-0.1, -0.05) is 0 Å². The smallest absolute Gasteiger partial charge is 0.325 e. The molecular weight excluding hydrogens is 400 g/mol. The van der Waals surface area contributed by atoms with E-state index in [0.717, 1.165) is 25.3 Å². The predicted molar refractivity (Wildman–Crippen MR) is 110 cm³/mol. The average Bonchev–Trinajstić information content (AvgIpc) is 3.28. The number of amides is 1. The summed E-state index contributed by atoms with van der Waals surface area (Å²) < 4.78 is 17.9. The number of esters is 1. The van der Waals surface area contributed by atoms with Crippen molar-refractivity contribution < 1.29 is 23.8 Å². The largest absolute Gasteiger partial charge is 0.483 e. The van der Waals surface area contributed by atoms with Gasteiger partial charge in [0.15, 0.2) is 6.61 Å². The van der Waals surface area contributed by atoms with Crippen molar-refractivity contribution in [2.75, 3.05) is 40.0 Å². The van der Waals surface area contributed by atoms with E-state index in [1.807, 2.05) is 24.4 Å². The highest BCUT2D eigenvalue weighted by Gasteiger charge is 2.19. The van der Waals surface area contributed by atoms with Gasteiger partial charge in [0.1, 0.15) is 12.3 Å². The lowest BCUT2D eigenvalue weighted by molar-refractivity contribution is -0.149. The van der Waals surface area contributed by atoms with Crippen LogP contribution in [0.1, 0.15) is 11.9 Å². The number of methoxy groups -OCH3 is 1. The van der Waals surface area contributed by atoms with Gasteiger partial charge in [-0.15, -0.1) is 22.7 Å². The minimum Gasteiger partial charge on any atom is -0.483 e. The van der Waals surface area contributed by atoms with Crippen molar-refractivity contribution in [1.29, 1.82) is 0 Å². The molecule has 0 radical (unpaired) electrons. The Balaban J connectivity index is 1.75. The normalized spacial score (nSPS) is 11.1. The van der Waals surface area contributed by atoms with Crippen LogP contribution in [0.25, 0.3) is 20.3 Å². The van der Waals surface area contributed by atoms with Crippen LogP contribution in [0.4, 0.5) is 0 Å². The lowest BCUT2D eigenvalue weighted by Crippen LogP contribution is -2.41. The minimum absolute atomic E-state index is 0.125. The number of fused-ring (bicyclic) bond motifs is 3. The fraction of sp³-hybridized carbons (Fsp3) is 0.421. The molecule has 0 saturated carbocycles. The summed E-state index contributed by atoms with van der Waals surface area (Å²) in [4.78, 5) is 30.4. The Morgan fingerprint density at radius 2 is 2.14 bits per heavy atom. The highest BCUT2D eigenvalue weighted by atomic mass is 32.1. The molecule has 0 saturated heterocycles. The van der Waals surface area contributed by atoms with Crippen LogP contribution in [0.2, 0.25) is 0 Å². The van der Waals surface area contributed by atoms with E-state index in [9.17, 15) is 9.59 Å². The van der Waals surface area contributed by atoms with Gasteiger partial charge in [0.25, 0.3) is 5.91 Å². The molecule has 150 valence electrons. The second kappa shape index (κ2) is 9.31. The Kier molecular flexibility index (Phi) is 6.82. The number of ether oxygens (including phenoxy) is 3. The van der Waals surface area contributed by atoms with E-state index >= 15 is 0 Å². The summed E-state index contributed by atoms with van der Waals surface area (Å²) in [6, 6.07) is 3.89. The van der Waals surface area contributed by atoms with Crippen molar-refractivity contribution in [3.63, 3.8) is 0 Å². The number of nitrogens with zero attached hydrogens (tertiary/aromatic N) is 2. The van der Waals surface area contributed by atoms with Crippen LogP contribution in [0, 0.1) is 6.92 Å². The third-order valence-electron chi connectivity index (χ3n) is 4.06. The topological polar surface area (TPSA) is 78.0 Å². The number of thiazole rings is 1. The highest BCUT2D eigenvalue weighted by Crippen LogP contribution is 2.38. The third-order valence-corrected chi connectivity index (χ3v) is 5.90. The molecule has 0 N–H and O–H groups in total. The van der Waals surface area contributed by atoms with Crippen molar-refractivity contribution in [3.8, 4) is 5.75 Å². The number of benzene rings is 1. The second-order valence-electron chi connectivity index (χ2n) is 6.02. The fourth-order valence-electron chi connectivity index (χ4n) is 2.79. The van der Waals surface area contributed by atoms with Gasteiger partial charge in [0, 0.05) is 25.1 Å². The molecule has 0 aliphatic rings. The molecule has 3 rings (SSSR count). The highest BCUT2D eigenvalue weighted by molar-refractivity contribution is 7.21. The summed E-state index contributed by atoms with van der Waals surface area (Å²) in [5.74, 6) is -0.105. The molecule has 0 spiro atoms. The Morgan fingerprint density at radius 3 is 2.89 bits per heavy atom. The Morgan fingerprint density at radius 1 is 1.32 bits per heavy atom. The molecule has 1 aromatic carbocycles. The van der Waals surface area contributed by atoms with Gasteiger partial charge in [-0.2, -0.15) is 0 Å². The van der Waals surface area contributed by atoms with Crippen molar-refractivity contribution in [2.24, 2.45) is 0 Å². The monoisotopic (exact) mass is 422 g/mol. The molecule has 28 heavy (non-hydrogen) atoms. The van der Waals surface area contributed by atoms with E-state index in [4.69, 9.17) is 14.2 Å². The molecular formula is C19H22N2O5S2. The van der Waals surface area contributed by atoms with Crippen LogP contribution in [-0.4, -0.2) is 61.8 Å². The van der Waals surface area contributed by atoms with Crippen molar-refractivity contribution in [2.45, 2.75) is 13.8 Å². The maximum Gasteiger partial charge on any atom is 0.325 e. The molecule has 0 aliphatic heterocycles. The molecule has 9 heteroatoms. The fourth-order valence-corrected chi connectivity index (χ4v) is 4.63. The standard InChI is InChI=1S/C19H22N2O5S2/c1-4-25-17(23)10-21(6-7-24-3)16(22)11-26-14-9-15-18(20-12(2)28-15)19-13(14)5-8-27-19/h5,8-9H,4,6-7,10-11H2,1-3H3. The summed E-state index contributed by atoms with van der Waals surface area (Å²) in [5.41, 5.74) is 0.968. The first kappa shape index (κ1) is 20.5. The summed E-state index contributed by atoms with van der Waals surface area (Å²) >= 11 is 3.19. The van der Waals surface area contributed by atoms with E-state index in [0.29, 0.717) is 18.9 Å². The number of hydrogen-bond acceptors (Lipinski definition) is 8. The molecule has 0 unspecified atom stereocenters. The van der Waals surface area contributed by atoms with Gasteiger partial charge in [-0.3, -0.25) is 9.59 Å². The quantitative estimate of drug-likeness (QED) is 0.493. The van der Waals surface area contributed by atoms with Crippen LogP contribution in [0.15, 0.2) is 17.5 Å². The zero-order valence-electron chi connectivity index (χ0n) is 16.0. The Hall–Kier alpha value is -2.23. The van der Waals surface area contributed by atoms with E-state index in [1.54, 1.807) is 36.7 Å². The predicted octanol–water partition coefficient (Wildman–Crippen LogP) is 3.24. The summed E-state index contributed by atoms with van der Waals surface area (Å²) in [6.07, 6.45) is 0. The number of aryl methyl sites for hydroxylation is 1. The first-order chi connectivity index (χ1) is 13.5. The Bertz CT molecular complexity index is 981. The molecule has 1 amide bonds. The number of hydrogen-bond donors (Lipinski definition) is 0. The SMILES string of the molecule is CCOC(=O)CN(CCOC)C(=O)COc1cc2sc(C)nc2c2sccc12. The molecule has 2 aromatic heterocycles. The second-order valence-corrected chi connectivity index (χ2v) is 8.17. The van der Waals surface area contributed by atoms with Gasteiger partial charge in [-0.05, 0) is 25.3 Å². The number of rotatable bonds is 9. The van der Waals surface area contributed by atoms with Crippen LogP contribution >= 0.6 is 22.7 Å². The van der Waals surface area contributed by atoms with E-state index < -0.39 is 5.97 Å². The minimum atomic E-state index is -0.450. The zero-order chi connectivity index (χ0) is 20.1.